The summed E-state index contributed by atoms with van der Waals surface area (Å²) in [5.41, 5.74) is 0.904. The van der Waals surface area contributed by atoms with Gasteiger partial charge in [0, 0.05) is 7.11 Å². The summed E-state index contributed by atoms with van der Waals surface area (Å²) in [6.07, 6.45) is 0.668. The van der Waals surface area contributed by atoms with E-state index in [1.807, 2.05) is 6.07 Å². The minimum absolute atomic E-state index is 0.241. The van der Waals surface area contributed by atoms with Gasteiger partial charge in [-0.05, 0) is 34.0 Å². The average Bonchev–Trinajstić information content (AvgIpc) is 2.19. The molecule has 0 aliphatic rings. The second kappa shape index (κ2) is 6.11. The van der Waals surface area contributed by atoms with Gasteiger partial charge in [0.25, 0.3) is 0 Å². The first kappa shape index (κ1) is 11.6. The molecule has 0 heterocycles. The van der Waals surface area contributed by atoms with Crippen LogP contribution in [0.5, 0.6) is 0 Å². The Balaban J connectivity index is 2.46. The van der Waals surface area contributed by atoms with Crippen molar-refractivity contribution in [2.75, 3.05) is 20.5 Å². The molecule has 0 radical (unpaired) electrons. The Labute approximate surface area is 91.2 Å². The molecule has 0 spiro atoms. The molecular weight excluding hydrogens is 251 g/mol. The highest BCUT2D eigenvalue weighted by Crippen LogP contribution is 2.20. The van der Waals surface area contributed by atoms with E-state index in [0.29, 0.717) is 17.5 Å². The van der Waals surface area contributed by atoms with Crippen LogP contribution in [0.1, 0.15) is 5.56 Å². The third-order valence-corrected chi connectivity index (χ3v) is 2.64. The van der Waals surface area contributed by atoms with Crippen molar-refractivity contribution < 1.29 is 13.9 Å². The number of ether oxygens (including phenoxy) is 2. The molecule has 0 amide bonds. The summed E-state index contributed by atoms with van der Waals surface area (Å²) in [4.78, 5) is 0. The van der Waals surface area contributed by atoms with Crippen LogP contribution in [-0.4, -0.2) is 20.5 Å². The van der Waals surface area contributed by atoms with Crippen molar-refractivity contribution in [1.29, 1.82) is 0 Å². The number of benzene rings is 1. The van der Waals surface area contributed by atoms with Gasteiger partial charge in [-0.1, -0.05) is 12.1 Å². The maximum Gasteiger partial charge on any atom is 0.146 e. The maximum absolute atomic E-state index is 13.0. The Morgan fingerprint density at radius 2 is 2.21 bits per heavy atom. The lowest BCUT2D eigenvalue weighted by molar-refractivity contribution is -0.0291. The van der Waals surface area contributed by atoms with Gasteiger partial charge in [0.2, 0.25) is 0 Å². The van der Waals surface area contributed by atoms with Gasteiger partial charge in [-0.3, -0.25) is 0 Å². The molecule has 0 aliphatic heterocycles. The van der Waals surface area contributed by atoms with Crippen molar-refractivity contribution >= 4 is 15.9 Å². The maximum atomic E-state index is 13.0. The molecule has 0 fully saturated rings. The summed E-state index contributed by atoms with van der Waals surface area (Å²) in [6.45, 7) is 0.794. The quantitative estimate of drug-likeness (QED) is 0.600. The minimum atomic E-state index is -0.241. The normalized spacial score (nSPS) is 10.5. The molecule has 14 heavy (non-hydrogen) atoms. The Morgan fingerprint density at radius 3 is 2.93 bits per heavy atom. The van der Waals surface area contributed by atoms with E-state index in [9.17, 15) is 4.39 Å². The van der Waals surface area contributed by atoms with Crippen LogP contribution in [0.2, 0.25) is 0 Å². The standard InChI is InChI=1S/C10H12BrFO2/c1-13-7-14-6-5-8-3-2-4-9(12)10(8)11/h2-4H,5-7H2,1H3. The van der Waals surface area contributed by atoms with Crippen LogP contribution in [0, 0.1) is 5.82 Å². The molecule has 4 heteroatoms. The van der Waals surface area contributed by atoms with Gasteiger partial charge < -0.3 is 9.47 Å². The number of halogens is 2. The monoisotopic (exact) mass is 262 g/mol. The Kier molecular flexibility index (Phi) is 5.07. The van der Waals surface area contributed by atoms with Crippen LogP contribution in [0.25, 0.3) is 0 Å². The molecule has 78 valence electrons. The van der Waals surface area contributed by atoms with E-state index in [-0.39, 0.29) is 12.6 Å². The third kappa shape index (κ3) is 3.36. The summed E-state index contributed by atoms with van der Waals surface area (Å²) in [5.74, 6) is -0.241. The number of rotatable bonds is 5. The molecule has 0 N–H and O–H groups in total. The van der Waals surface area contributed by atoms with E-state index < -0.39 is 0 Å². The molecule has 0 aromatic heterocycles. The predicted octanol–water partition coefficient (Wildman–Crippen LogP) is 2.75. The van der Waals surface area contributed by atoms with Gasteiger partial charge in [0.15, 0.2) is 0 Å². The topological polar surface area (TPSA) is 18.5 Å². The van der Waals surface area contributed by atoms with Crippen LogP contribution in [0.15, 0.2) is 22.7 Å². The van der Waals surface area contributed by atoms with Crippen LogP contribution >= 0.6 is 15.9 Å². The zero-order valence-corrected chi connectivity index (χ0v) is 9.51. The fourth-order valence-corrected chi connectivity index (χ4v) is 1.53. The number of hydrogen-bond donors (Lipinski definition) is 0. The van der Waals surface area contributed by atoms with Crippen molar-refractivity contribution in [2.45, 2.75) is 6.42 Å². The van der Waals surface area contributed by atoms with Crippen molar-refractivity contribution in [3.8, 4) is 0 Å². The smallest absolute Gasteiger partial charge is 0.146 e. The SMILES string of the molecule is COCOCCc1cccc(F)c1Br. The summed E-state index contributed by atoms with van der Waals surface area (Å²) in [6, 6.07) is 4.97. The fraction of sp³-hybridized carbons (Fsp3) is 0.400. The van der Waals surface area contributed by atoms with E-state index in [0.717, 1.165) is 5.56 Å². The predicted molar refractivity (Wildman–Crippen MR) is 55.6 cm³/mol. The van der Waals surface area contributed by atoms with Gasteiger partial charge >= 0.3 is 0 Å². The minimum Gasteiger partial charge on any atom is -0.359 e. The molecule has 0 bridgehead atoms. The first-order valence-electron chi connectivity index (χ1n) is 4.25. The molecule has 1 aromatic rings. The zero-order valence-electron chi connectivity index (χ0n) is 7.93. The number of hydrogen-bond acceptors (Lipinski definition) is 2. The van der Waals surface area contributed by atoms with E-state index in [2.05, 4.69) is 15.9 Å². The van der Waals surface area contributed by atoms with Gasteiger partial charge in [-0.25, -0.2) is 4.39 Å². The number of methoxy groups -OCH3 is 1. The van der Waals surface area contributed by atoms with Crippen LogP contribution in [-0.2, 0) is 15.9 Å². The van der Waals surface area contributed by atoms with E-state index in [1.54, 1.807) is 13.2 Å². The van der Waals surface area contributed by atoms with Gasteiger partial charge in [-0.15, -0.1) is 0 Å². The highest BCUT2D eigenvalue weighted by molar-refractivity contribution is 9.10. The van der Waals surface area contributed by atoms with Crippen molar-refractivity contribution in [2.24, 2.45) is 0 Å². The molecule has 0 unspecified atom stereocenters. The molecule has 0 aliphatic carbocycles. The molecule has 0 saturated carbocycles. The Bertz CT molecular complexity index is 291. The van der Waals surface area contributed by atoms with Crippen LogP contribution in [0.3, 0.4) is 0 Å². The van der Waals surface area contributed by atoms with Gasteiger partial charge in [0.05, 0.1) is 11.1 Å². The lowest BCUT2D eigenvalue weighted by atomic mass is 10.1. The summed E-state index contributed by atoms with van der Waals surface area (Å²) < 4.78 is 23.4. The zero-order chi connectivity index (χ0) is 10.4. The van der Waals surface area contributed by atoms with E-state index >= 15 is 0 Å². The first-order chi connectivity index (χ1) is 6.75. The summed E-state index contributed by atoms with van der Waals surface area (Å²) >= 11 is 3.19. The van der Waals surface area contributed by atoms with Gasteiger partial charge in [-0.2, -0.15) is 0 Å². The fourth-order valence-electron chi connectivity index (χ4n) is 1.07. The largest absolute Gasteiger partial charge is 0.359 e. The van der Waals surface area contributed by atoms with Crippen LogP contribution in [0.4, 0.5) is 4.39 Å². The molecule has 1 rings (SSSR count). The van der Waals surface area contributed by atoms with Crippen molar-refractivity contribution in [3.05, 3.63) is 34.1 Å². The second-order valence-electron chi connectivity index (χ2n) is 2.78. The summed E-state index contributed by atoms with van der Waals surface area (Å²) in [7, 11) is 1.57. The van der Waals surface area contributed by atoms with Crippen LogP contribution < -0.4 is 0 Å². The van der Waals surface area contributed by atoms with Crippen molar-refractivity contribution in [3.63, 3.8) is 0 Å². The molecule has 0 saturated heterocycles. The van der Waals surface area contributed by atoms with Gasteiger partial charge in [0.1, 0.15) is 12.6 Å². The molecule has 1 aromatic carbocycles. The first-order valence-corrected chi connectivity index (χ1v) is 5.04. The Morgan fingerprint density at radius 1 is 1.43 bits per heavy atom. The highest BCUT2D eigenvalue weighted by Gasteiger charge is 2.04. The average molecular weight is 263 g/mol. The third-order valence-electron chi connectivity index (χ3n) is 1.75. The molecule has 0 atom stereocenters. The van der Waals surface area contributed by atoms with E-state index in [1.165, 1.54) is 6.07 Å². The Hall–Kier alpha value is -0.450. The highest BCUT2D eigenvalue weighted by atomic mass is 79.9. The van der Waals surface area contributed by atoms with E-state index in [4.69, 9.17) is 9.47 Å². The lowest BCUT2D eigenvalue weighted by Gasteiger charge is -2.05. The summed E-state index contributed by atoms with van der Waals surface area (Å²) in [5, 5.41) is 0. The second-order valence-corrected chi connectivity index (χ2v) is 3.57. The molecular formula is C10H12BrFO2. The van der Waals surface area contributed by atoms with Crippen molar-refractivity contribution in [1.82, 2.24) is 0 Å². The molecule has 2 nitrogen and oxygen atoms in total. The lowest BCUT2D eigenvalue weighted by Crippen LogP contribution is -2.02.